The van der Waals surface area contributed by atoms with E-state index in [0.29, 0.717) is 5.02 Å². The molecule has 72 valence electrons. The van der Waals surface area contributed by atoms with Crippen molar-refractivity contribution in [3.05, 3.63) is 23.2 Å². The average molecular weight is 217 g/mol. The van der Waals surface area contributed by atoms with Gasteiger partial charge in [0, 0.05) is 0 Å². The molecule has 1 nitrogen and oxygen atoms in total. The summed E-state index contributed by atoms with van der Waals surface area (Å²) < 4.78 is 5.56. The van der Waals surface area contributed by atoms with Crippen LogP contribution in [0.5, 0.6) is 5.75 Å². The van der Waals surface area contributed by atoms with Crippen LogP contribution in [0.1, 0.15) is 13.3 Å². The molecular weight excluding hydrogens is 204 g/mol. The highest BCUT2D eigenvalue weighted by Crippen LogP contribution is 2.34. The van der Waals surface area contributed by atoms with Crippen molar-refractivity contribution in [2.24, 2.45) is 0 Å². The van der Waals surface area contributed by atoms with E-state index in [-0.39, 0.29) is 0 Å². The van der Waals surface area contributed by atoms with Crippen molar-refractivity contribution in [3.8, 4) is 5.75 Å². The fourth-order valence-corrected chi connectivity index (χ4v) is 1.85. The van der Waals surface area contributed by atoms with Gasteiger partial charge in [-0.2, -0.15) is 0 Å². The second-order valence-corrected chi connectivity index (χ2v) is 3.87. The fraction of sp³-hybridized carbons (Fsp3) is 0.400. The summed E-state index contributed by atoms with van der Waals surface area (Å²) in [6.45, 7) is 2.80. The van der Waals surface area contributed by atoms with E-state index in [2.05, 4.69) is 6.92 Å². The van der Waals surface area contributed by atoms with Gasteiger partial charge < -0.3 is 4.74 Å². The molecule has 1 rings (SSSR count). The minimum absolute atomic E-state index is 0.695. The van der Waals surface area contributed by atoms with Gasteiger partial charge in [0.25, 0.3) is 0 Å². The van der Waals surface area contributed by atoms with Crippen molar-refractivity contribution in [2.45, 2.75) is 18.2 Å². The van der Waals surface area contributed by atoms with Crippen LogP contribution in [0.25, 0.3) is 0 Å². The largest absolute Gasteiger partial charge is 0.491 e. The minimum atomic E-state index is 0.695. The van der Waals surface area contributed by atoms with Crippen LogP contribution in [-0.4, -0.2) is 12.9 Å². The van der Waals surface area contributed by atoms with Crippen LogP contribution in [0.3, 0.4) is 0 Å². The first-order valence-corrected chi connectivity index (χ1v) is 5.85. The topological polar surface area (TPSA) is 9.23 Å². The van der Waals surface area contributed by atoms with Crippen LogP contribution in [0, 0.1) is 0 Å². The molecule has 0 aromatic heterocycles. The lowest BCUT2D eigenvalue weighted by molar-refractivity contribution is 0.310. The Bertz CT molecular complexity index is 276. The van der Waals surface area contributed by atoms with Crippen LogP contribution in [0.15, 0.2) is 23.1 Å². The second kappa shape index (κ2) is 5.40. The Morgan fingerprint density at radius 1 is 1.46 bits per heavy atom. The summed E-state index contributed by atoms with van der Waals surface area (Å²) in [7, 11) is 0. The smallest absolute Gasteiger partial charge is 0.151 e. The van der Waals surface area contributed by atoms with Crippen molar-refractivity contribution in [1.82, 2.24) is 0 Å². The zero-order valence-corrected chi connectivity index (χ0v) is 9.41. The average Bonchev–Trinajstić information content (AvgIpc) is 2.15. The number of benzene rings is 1. The Morgan fingerprint density at radius 2 is 2.23 bits per heavy atom. The molecular formula is C10H13ClOS. The Labute approximate surface area is 88.4 Å². The molecule has 0 aliphatic heterocycles. The molecule has 0 fully saturated rings. The molecule has 1 aromatic rings. The number of ether oxygens (including phenoxy) is 1. The van der Waals surface area contributed by atoms with Gasteiger partial charge in [-0.1, -0.05) is 24.6 Å². The number of thioether (sulfide) groups is 1. The Kier molecular flexibility index (Phi) is 4.46. The van der Waals surface area contributed by atoms with Crippen molar-refractivity contribution in [2.75, 3.05) is 12.9 Å². The molecule has 3 heteroatoms. The first-order chi connectivity index (χ1) is 6.29. The molecule has 0 spiro atoms. The van der Waals surface area contributed by atoms with Crippen LogP contribution in [0.2, 0.25) is 5.02 Å². The summed E-state index contributed by atoms with van der Waals surface area (Å²) >= 11 is 7.66. The summed E-state index contributed by atoms with van der Waals surface area (Å²) in [6.07, 6.45) is 3.02. The van der Waals surface area contributed by atoms with Crippen LogP contribution < -0.4 is 4.74 Å². The molecule has 13 heavy (non-hydrogen) atoms. The van der Waals surface area contributed by atoms with Gasteiger partial charge in [0.05, 0.1) is 16.5 Å². The maximum Gasteiger partial charge on any atom is 0.151 e. The minimum Gasteiger partial charge on any atom is -0.491 e. The lowest BCUT2D eigenvalue weighted by Crippen LogP contribution is -1.96. The Morgan fingerprint density at radius 3 is 2.85 bits per heavy atom. The Balaban J connectivity index is 2.87. The quantitative estimate of drug-likeness (QED) is 0.708. The van der Waals surface area contributed by atoms with Gasteiger partial charge in [0.2, 0.25) is 0 Å². The van der Waals surface area contributed by atoms with Gasteiger partial charge in [-0.05, 0) is 24.8 Å². The molecule has 0 aliphatic rings. The van der Waals surface area contributed by atoms with Crippen LogP contribution >= 0.6 is 23.4 Å². The zero-order valence-electron chi connectivity index (χ0n) is 7.84. The van der Waals surface area contributed by atoms with E-state index in [1.807, 2.05) is 24.5 Å². The Hall–Kier alpha value is -0.340. The fourth-order valence-electron chi connectivity index (χ4n) is 0.994. The second-order valence-electron chi connectivity index (χ2n) is 2.62. The summed E-state index contributed by atoms with van der Waals surface area (Å²) in [5.41, 5.74) is 0. The summed E-state index contributed by atoms with van der Waals surface area (Å²) in [5, 5.41) is 0.695. The summed E-state index contributed by atoms with van der Waals surface area (Å²) in [5.74, 6) is 0.818. The van der Waals surface area contributed by atoms with Gasteiger partial charge in [0.1, 0.15) is 0 Å². The summed E-state index contributed by atoms with van der Waals surface area (Å²) in [6, 6.07) is 5.81. The van der Waals surface area contributed by atoms with Crippen LogP contribution in [0.4, 0.5) is 0 Å². The molecule has 0 radical (unpaired) electrons. The van der Waals surface area contributed by atoms with Gasteiger partial charge in [-0.3, -0.25) is 0 Å². The van der Waals surface area contributed by atoms with E-state index in [9.17, 15) is 0 Å². The SMILES string of the molecule is CCCOc1c(Cl)cccc1SC. The summed E-state index contributed by atoms with van der Waals surface area (Å²) in [4.78, 5) is 1.10. The highest BCUT2D eigenvalue weighted by Gasteiger charge is 2.06. The van der Waals surface area contributed by atoms with Crippen molar-refractivity contribution >= 4 is 23.4 Å². The molecule has 0 aliphatic carbocycles. The van der Waals surface area contributed by atoms with Gasteiger partial charge in [-0.15, -0.1) is 11.8 Å². The predicted molar refractivity (Wildman–Crippen MR) is 59.0 cm³/mol. The van der Waals surface area contributed by atoms with E-state index in [1.54, 1.807) is 11.8 Å². The molecule has 0 N–H and O–H groups in total. The first-order valence-electron chi connectivity index (χ1n) is 4.25. The van der Waals surface area contributed by atoms with Gasteiger partial charge in [0.15, 0.2) is 5.75 Å². The van der Waals surface area contributed by atoms with Gasteiger partial charge in [-0.25, -0.2) is 0 Å². The first kappa shape index (κ1) is 10.7. The maximum atomic E-state index is 6.01. The third kappa shape index (κ3) is 2.82. The zero-order chi connectivity index (χ0) is 9.68. The van der Waals surface area contributed by atoms with Crippen LogP contribution in [-0.2, 0) is 0 Å². The predicted octanol–water partition coefficient (Wildman–Crippen LogP) is 3.85. The van der Waals surface area contributed by atoms with Gasteiger partial charge >= 0.3 is 0 Å². The normalized spacial score (nSPS) is 10.1. The van der Waals surface area contributed by atoms with Crippen molar-refractivity contribution in [3.63, 3.8) is 0 Å². The number of rotatable bonds is 4. The third-order valence-electron chi connectivity index (χ3n) is 1.60. The molecule has 0 saturated carbocycles. The number of hydrogen-bond donors (Lipinski definition) is 0. The van der Waals surface area contributed by atoms with E-state index in [0.717, 1.165) is 23.7 Å². The van der Waals surface area contributed by atoms with Crippen molar-refractivity contribution < 1.29 is 4.74 Å². The molecule has 0 unspecified atom stereocenters. The van der Waals surface area contributed by atoms with E-state index < -0.39 is 0 Å². The highest BCUT2D eigenvalue weighted by atomic mass is 35.5. The van der Waals surface area contributed by atoms with E-state index >= 15 is 0 Å². The van der Waals surface area contributed by atoms with Crippen molar-refractivity contribution in [1.29, 1.82) is 0 Å². The molecule has 1 aromatic carbocycles. The van der Waals surface area contributed by atoms with E-state index in [1.165, 1.54) is 0 Å². The standard InChI is InChI=1S/C10H13ClOS/c1-3-7-12-10-8(11)5-4-6-9(10)13-2/h4-6H,3,7H2,1-2H3. The monoisotopic (exact) mass is 216 g/mol. The molecule has 0 bridgehead atoms. The molecule has 0 atom stereocenters. The highest BCUT2D eigenvalue weighted by molar-refractivity contribution is 7.98. The molecule has 0 heterocycles. The molecule has 0 amide bonds. The molecule has 0 saturated heterocycles. The maximum absolute atomic E-state index is 6.01. The van der Waals surface area contributed by atoms with E-state index in [4.69, 9.17) is 16.3 Å². The number of hydrogen-bond acceptors (Lipinski definition) is 2. The number of para-hydroxylation sites is 1. The lowest BCUT2D eigenvalue weighted by atomic mass is 10.3. The third-order valence-corrected chi connectivity index (χ3v) is 2.66. The number of halogens is 1. The lowest BCUT2D eigenvalue weighted by Gasteiger charge is -2.10.